The summed E-state index contributed by atoms with van der Waals surface area (Å²) in [6.07, 6.45) is 8.95. The molecule has 136 valence electrons. The van der Waals surface area contributed by atoms with Gasteiger partial charge in [0, 0.05) is 0 Å². The highest BCUT2D eigenvalue weighted by molar-refractivity contribution is 6.74. The minimum atomic E-state index is -2.72. The molecule has 0 N–H and O–H groups in total. The third kappa shape index (κ3) is 4.25. The van der Waals surface area contributed by atoms with E-state index >= 15 is 0 Å². The number of hydrogen-bond acceptors (Lipinski definition) is 1. The third-order valence-corrected chi connectivity index (χ3v) is 10.0. The molecule has 0 bridgehead atoms. The molecule has 0 heterocycles. The first-order valence-electron chi connectivity index (χ1n) is 9.22. The summed E-state index contributed by atoms with van der Waals surface area (Å²) in [5.74, 6) is -3.37. The largest absolute Gasteiger partial charge is 0.402 e. The van der Waals surface area contributed by atoms with Gasteiger partial charge in [-0.2, -0.15) is 0 Å². The quantitative estimate of drug-likeness (QED) is 0.249. The van der Waals surface area contributed by atoms with Gasteiger partial charge in [-0.25, -0.2) is 8.78 Å². The Labute approximate surface area is 143 Å². The summed E-state index contributed by atoms with van der Waals surface area (Å²) in [7, 11) is -2.25. The summed E-state index contributed by atoms with van der Waals surface area (Å²) >= 11 is 0. The average molecular weight is 347 g/mol. The standard InChI is InChI=1S/C19H36F2OSi/c1-8-10-12-13-15-18(22-23(6,7)17(3,4)5)16(14-11-9-2)19(18,20)21/h13,15-16H,8-12,14H2,1-7H3/b15-13+. The fraction of sp³-hybridized carbons (Fsp3) is 0.895. The van der Waals surface area contributed by atoms with E-state index in [2.05, 4.69) is 40.8 Å². The Kier molecular flexibility index (Phi) is 6.65. The van der Waals surface area contributed by atoms with Gasteiger partial charge in [0.1, 0.15) is 5.60 Å². The van der Waals surface area contributed by atoms with Crippen LogP contribution < -0.4 is 0 Å². The van der Waals surface area contributed by atoms with E-state index in [9.17, 15) is 8.78 Å². The third-order valence-electron chi connectivity index (χ3n) is 5.56. The van der Waals surface area contributed by atoms with Crippen LogP contribution in [-0.4, -0.2) is 19.8 Å². The van der Waals surface area contributed by atoms with Gasteiger partial charge in [-0.05, 0) is 31.0 Å². The second kappa shape index (κ2) is 7.34. The van der Waals surface area contributed by atoms with Crippen molar-refractivity contribution < 1.29 is 13.2 Å². The maximum atomic E-state index is 14.7. The summed E-state index contributed by atoms with van der Waals surface area (Å²) in [6, 6.07) is 0. The highest BCUT2D eigenvalue weighted by atomic mass is 28.4. The Morgan fingerprint density at radius 2 is 1.65 bits per heavy atom. The van der Waals surface area contributed by atoms with Crippen LogP contribution >= 0.6 is 0 Å². The van der Waals surface area contributed by atoms with Crippen molar-refractivity contribution in [2.75, 3.05) is 0 Å². The summed E-state index contributed by atoms with van der Waals surface area (Å²) in [6.45, 7) is 14.6. The van der Waals surface area contributed by atoms with Crippen molar-refractivity contribution in [3.8, 4) is 0 Å². The van der Waals surface area contributed by atoms with Gasteiger partial charge in [-0.1, -0.05) is 72.5 Å². The van der Waals surface area contributed by atoms with Gasteiger partial charge in [-0.15, -0.1) is 0 Å². The van der Waals surface area contributed by atoms with Crippen molar-refractivity contribution in [1.29, 1.82) is 0 Å². The molecule has 1 aliphatic rings. The van der Waals surface area contributed by atoms with Gasteiger partial charge in [0.2, 0.25) is 0 Å². The van der Waals surface area contributed by atoms with Crippen LogP contribution in [0.1, 0.15) is 73.1 Å². The lowest BCUT2D eigenvalue weighted by Crippen LogP contribution is -2.46. The lowest BCUT2D eigenvalue weighted by Gasteiger charge is -2.39. The molecule has 0 aromatic rings. The predicted octanol–water partition coefficient (Wildman–Crippen LogP) is 6.95. The molecule has 0 spiro atoms. The Morgan fingerprint density at radius 3 is 2.13 bits per heavy atom. The molecule has 1 nitrogen and oxygen atoms in total. The smallest absolute Gasteiger partial charge is 0.285 e. The molecule has 1 rings (SSSR count). The Bertz CT molecular complexity index is 412. The van der Waals surface area contributed by atoms with Gasteiger partial charge >= 0.3 is 0 Å². The van der Waals surface area contributed by atoms with E-state index in [1.54, 1.807) is 6.08 Å². The molecule has 1 aliphatic carbocycles. The Hall–Kier alpha value is -0.223. The number of alkyl halides is 2. The van der Waals surface area contributed by atoms with E-state index in [1.165, 1.54) is 0 Å². The van der Waals surface area contributed by atoms with Crippen LogP contribution in [0.15, 0.2) is 12.2 Å². The van der Waals surface area contributed by atoms with E-state index in [4.69, 9.17) is 4.43 Å². The van der Waals surface area contributed by atoms with Crippen LogP contribution in [0.5, 0.6) is 0 Å². The number of unbranched alkanes of at least 4 members (excludes halogenated alkanes) is 3. The van der Waals surface area contributed by atoms with E-state index < -0.39 is 25.8 Å². The summed E-state index contributed by atoms with van der Waals surface area (Å²) in [4.78, 5) is 0. The van der Waals surface area contributed by atoms with Gasteiger partial charge in [0.15, 0.2) is 8.32 Å². The number of hydrogen-bond donors (Lipinski definition) is 0. The normalized spacial score (nSPS) is 27.6. The highest BCUT2D eigenvalue weighted by Gasteiger charge is 2.81. The minimum Gasteiger partial charge on any atom is -0.402 e. The first-order valence-corrected chi connectivity index (χ1v) is 12.1. The Morgan fingerprint density at radius 1 is 1.09 bits per heavy atom. The molecule has 0 aromatic carbocycles. The fourth-order valence-electron chi connectivity index (χ4n) is 2.83. The molecule has 0 aromatic heterocycles. The van der Waals surface area contributed by atoms with Gasteiger partial charge in [-0.3, -0.25) is 0 Å². The summed E-state index contributed by atoms with van der Waals surface area (Å²) in [5.41, 5.74) is -1.35. The van der Waals surface area contributed by atoms with Crippen molar-refractivity contribution in [2.45, 2.75) is 103 Å². The SMILES string of the molecule is CCCC/C=C/C1(O[Si](C)(C)C(C)(C)C)C(CCCC)C1(F)F. The lowest BCUT2D eigenvalue weighted by atomic mass is 10.1. The molecule has 0 saturated heterocycles. The molecule has 23 heavy (non-hydrogen) atoms. The van der Waals surface area contributed by atoms with Gasteiger partial charge in [0.05, 0.1) is 5.92 Å². The van der Waals surface area contributed by atoms with E-state index in [0.29, 0.717) is 6.42 Å². The number of allylic oxidation sites excluding steroid dienone is 1. The zero-order chi connectivity index (χ0) is 17.9. The second-order valence-corrected chi connectivity index (χ2v) is 13.2. The van der Waals surface area contributed by atoms with Crippen molar-refractivity contribution in [2.24, 2.45) is 5.92 Å². The van der Waals surface area contributed by atoms with Crippen LogP contribution in [0.2, 0.25) is 18.1 Å². The predicted molar refractivity (Wildman–Crippen MR) is 97.6 cm³/mol. The zero-order valence-electron chi connectivity index (χ0n) is 16.1. The maximum Gasteiger partial charge on any atom is 0.285 e. The van der Waals surface area contributed by atoms with Crippen LogP contribution in [0.25, 0.3) is 0 Å². The molecular formula is C19H36F2OSi. The highest BCUT2D eigenvalue weighted by Crippen LogP contribution is 2.66. The molecular weight excluding hydrogens is 310 g/mol. The van der Waals surface area contributed by atoms with Crippen molar-refractivity contribution in [3.05, 3.63) is 12.2 Å². The van der Waals surface area contributed by atoms with Crippen LogP contribution in [0, 0.1) is 5.92 Å². The molecule has 1 saturated carbocycles. The van der Waals surface area contributed by atoms with Crippen molar-refractivity contribution in [3.63, 3.8) is 0 Å². The molecule has 1 fully saturated rings. The molecule has 0 aliphatic heterocycles. The van der Waals surface area contributed by atoms with E-state index in [1.807, 2.05) is 13.0 Å². The number of halogens is 2. The molecule has 0 amide bonds. The van der Waals surface area contributed by atoms with Crippen LogP contribution in [0.3, 0.4) is 0 Å². The van der Waals surface area contributed by atoms with Gasteiger partial charge in [0.25, 0.3) is 5.92 Å². The van der Waals surface area contributed by atoms with Gasteiger partial charge < -0.3 is 4.43 Å². The summed E-state index contributed by atoms with van der Waals surface area (Å²) < 4.78 is 35.7. The topological polar surface area (TPSA) is 9.23 Å². The zero-order valence-corrected chi connectivity index (χ0v) is 17.1. The van der Waals surface area contributed by atoms with Crippen molar-refractivity contribution >= 4 is 8.32 Å². The molecule has 4 heteroatoms. The Balaban J connectivity index is 3.02. The number of rotatable bonds is 9. The molecule has 0 radical (unpaired) electrons. The first-order chi connectivity index (χ1) is 10.5. The van der Waals surface area contributed by atoms with Crippen LogP contribution in [0.4, 0.5) is 8.78 Å². The second-order valence-electron chi connectivity index (χ2n) is 8.52. The average Bonchev–Trinajstić information content (AvgIpc) is 2.85. The summed E-state index contributed by atoms with van der Waals surface area (Å²) in [5, 5.41) is -0.0643. The van der Waals surface area contributed by atoms with E-state index in [-0.39, 0.29) is 5.04 Å². The van der Waals surface area contributed by atoms with Crippen molar-refractivity contribution in [1.82, 2.24) is 0 Å². The van der Waals surface area contributed by atoms with Crippen LogP contribution in [-0.2, 0) is 4.43 Å². The first kappa shape index (κ1) is 20.8. The molecule has 2 unspecified atom stereocenters. The maximum absolute atomic E-state index is 14.7. The monoisotopic (exact) mass is 346 g/mol. The van der Waals surface area contributed by atoms with E-state index in [0.717, 1.165) is 32.1 Å². The fourth-order valence-corrected chi connectivity index (χ4v) is 4.33. The molecule has 2 atom stereocenters. The minimum absolute atomic E-state index is 0.0643. The lowest BCUT2D eigenvalue weighted by molar-refractivity contribution is 0.0254.